The van der Waals surface area contributed by atoms with Gasteiger partial charge >= 0.3 is 5.97 Å². The number of aromatic hydroxyl groups is 1. The Balaban J connectivity index is 1.75. The Hall–Kier alpha value is -3.09. The summed E-state index contributed by atoms with van der Waals surface area (Å²) in [5, 5.41) is 9.72. The molecule has 0 saturated carbocycles. The number of benzene rings is 2. The fraction of sp³-hybridized carbons (Fsp3) is 0.300. The first-order chi connectivity index (χ1) is 12.9. The molecule has 0 aliphatic rings. The number of carbonyl (C=O) groups excluding carboxylic acids is 2. The normalized spacial score (nSPS) is 10.3. The van der Waals surface area contributed by atoms with E-state index in [9.17, 15) is 19.1 Å². The first kappa shape index (κ1) is 20.2. The number of carbonyl (C=O) groups is 2. The number of amides is 1. The number of likely N-dealkylation sites (N-methyl/N-ethyl adjacent to an activating group) is 1. The predicted molar refractivity (Wildman–Crippen MR) is 96.8 cm³/mol. The maximum Gasteiger partial charge on any atom is 0.306 e. The summed E-state index contributed by atoms with van der Waals surface area (Å²) >= 11 is 0. The molecule has 0 spiro atoms. The molecule has 0 heterocycles. The summed E-state index contributed by atoms with van der Waals surface area (Å²) in [4.78, 5) is 25.2. The minimum absolute atomic E-state index is 0.00230. The summed E-state index contributed by atoms with van der Waals surface area (Å²) in [6, 6.07) is 10.8. The largest absolute Gasteiger partial charge is 0.504 e. The first-order valence-electron chi connectivity index (χ1n) is 8.39. The summed E-state index contributed by atoms with van der Waals surface area (Å²) in [5.41, 5.74) is 1.40. The van der Waals surface area contributed by atoms with E-state index < -0.39 is 5.97 Å². The van der Waals surface area contributed by atoms with Gasteiger partial charge in [0.15, 0.2) is 18.1 Å². The molecule has 0 aliphatic heterocycles. The maximum absolute atomic E-state index is 13.2. The number of phenols is 1. The van der Waals surface area contributed by atoms with Crippen molar-refractivity contribution in [2.24, 2.45) is 0 Å². The molecule has 0 saturated heterocycles. The van der Waals surface area contributed by atoms with E-state index in [0.717, 1.165) is 5.56 Å². The molecule has 0 unspecified atom stereocenters. The van der Waals surface area contributed by atoms with Crippen molar-refractivity contribution in [1.29, 1.82) is 0 Å². The second kappa shape index (κ2) is 9.56. The monoisotopic (exact) mass is 375 g/mol. The molecule has 6 nitrogen and oxygen atoms in total. The average Bonchev–Trinajstić information content (AvgIpc) is 2.64. The molecule has 144 valence electrons. The van der Waals surface area contributed by atoms with E-state index >= 15 is 0 Å². The molecule has 1 amide bonds. The Morgan fingerprint density at radius 2 is 1.93 bits per heavy atom. The van der Waals surface area contributed by atoms with Crippen LogP contribution in [0.15, 0.2) is 42.5 Å². The van der Waals surface area contributed by atoms with Crippen molar-refractivity contribution in [3.8, 4) is 11.5 Å². The number of ether oxygens (including phenoxy) is 2. The number of phenolic OH excluding ortho intramolecular Hbond substituents is 1. The lowest BCUT2D eigenvalue weighted by atomic mass is 10.1. The minimum atomic E-state index is -0.516. The number of halogens is 1. The van der Waals surface area contributed by atoms with Crippen LogP contribution in [0.5, 0.6) is 11.5 Å². The van der Waals surface area contributed by atoms with Gasteiger partial charge in [0.25, 0.3) is 5.91 Å². The number of hydrogen-bond acceptors (Lipinski definition) is 5. The maximum atomic E-state index is 13.2. The van der Waals surface area contributed by atoms with Crippen molar-refractivity contribution in [2.75, 3.05) is 20.8 Å². The lowest BCUT2D eigenvalue weighted by Crippen LogP contribution is -2.30. The van der Waals surface area contributed by atoms with E-state index in [1.54, 1.807) is 31.3 Å². The van der Waals surface area contributed by atoms with Gasteiger partial charge in [0, 0.05) is 20.0 Å². The van der Waals surface area contributed by atoms with Crippen LogP contribution in [0.1, 0.15) is 17.5 Å². The number of hydrogen-bond donors (Lipinski definition) is 1. The smallest absolute Gasteiger partial charge is 0.306 e. The van der Waals surface area contributed by atoms with Gasteiger partial charge in [0.2, 0.25) is 0 Å². The first-order valence-corrected chi connectivity index (χ1v) is 8.39. The third-order valence-electron chi connectivity index (χ3n) is 3.95. The van der Waals surface area contributed by atoms with Crippen LogP contribution in [-0.2, 0) is 27.3 Å². The van der Waals surface area contributed by atoms with Crippen LogP contribution in [0.2, 0.25) is 0 Å². The average molecular weight is 375 g/mol. The second-order valence-electron chi connectivity index (χ2n) is 6.05. The van der Waals surface area contributed by atoms with Crippen LogP contribution in [0.25, 0.3) is 0 Å². The van der Waals surface area contributed by atoms with Crippen molar-refractivity contribution in [3.05, 3.63) is 59.4 Å². The Bertz CT molecular complexity index is 809. The fourth-order valence-corrected chi connectivity index (χ4v) is 2.46. The van der Waals surface area contributed by atoms with Gasteiger partial charge in [-0.2, -0.15) is 0 Å². The van der Waals surface area contributed by atoms with Crippen LogP contribution >= 0.6 is 0 Å². The predicted octanol–water partition coefficient (Wildman–Crippen LogP) is 2.67. The molecule has 0 fully saturated rings. The van der Waals surface area contributed by atoms with Crippen LogP contribution in [0.3, 0.4) is 0 Å². The molecule has 2 rings (SSSR count). The van der Waals surface area contributed by atoms with Gasteiger partial charge in [-0.1, -0.05) is 18.2 Å². The van der Waals surface area contributed by atoms with Gasteiger partial charge in [-0.05, 0) is 41.8 Å². The van der Waals surface area contributed by atoms with Gasteiger partial charge in [-0.25, -0.2) is 4.39 Å². The Morgan fingerprint density at radius 3 is 2.59 bits per heavy atom. The highest BCUT2D eigenvalue weighted by Gasteiger charge is 2.13. The van der Waals surface area contributed by atoms with E-state index in [0.29, 0.717) is 17.7 Å². The Kier molecular flexibility index (Phi) is 7.16. The van der Waals surface area contributed by atoms with E-state index in [1.165, 1.54) is 30.2 Å². The quantitative estimate of drug-likeness (QED) is 0.718. The third-order valence-corrected chi connectivity index (χ3v) is 3.95. The molecule has 27 heavy (non-hydrogen) atoms. The molecular formula is C20H22FNO5. The molecule has 2 aromatic rings. The Labute approximate surface area is 157 Å². The zero-order chi connectivity index (χ0) is 19.8. The molecule has 1 N–H and O–H groups in total. The standard InChI is InChI=1S/C20H22FNO5/c1-22(12-15-4-3-5-16(21)10-15)19(24)13-27-20(25)9-7-14-6-8-18(26-2)17(23)11-14/h3-6,8,10-11,23H,7,9,12-13H2,1-2H3. The number of rotatable bonds is 8. The van der Waals surface area contributed by atoms with Crippen LogP contribution in [-0.4, -0.2) is 42.6 Å². The Morgan fingerprint density at radius 1 is 1.15 bits per heavy atom. The van der Waals surface area contributed by atoms with Crippen LogP contribution < -0.4 is 4.74 Å². The van der Waals surface area contributed by atoms with Crippen molar-refractivity contribution in [1.82, 2.24) is 4.90 Å². The van der Waals surface area contributed by atoms with Crippen LogP contribution in [0, 0.1) is 5.82 Å². The topological polar surface area (TPSA) is 76.1 Å². The van der Waals surface area contributed by atoms with E-state index in [2.05, 4.69) is 0 Å². The molecule has 0 atom stereocenters. The van der Waals surface area contributed by atoms with Crippen molar-refractivity contribution in [2.45, 2.75) is 19.4 Å². The van der Waals surface area contributed by atoms with Crippen LogP contribution in [0.4, 0.5) is 4.39 Å². The number of aryl methyl sites for hydroxylation is 1. The summed E-state index contributed by atoms with van der Waals surface area (Å²) in [7, 11) is 3.01. The summed E-state index contributed by atoms with van der Waals surface area (Å²) in [6.07, 6.45) is 0.441. The summed E-state index contributed by atoms with van der Waals surface area (Å²) < 4.78 is 23.1. The zero-order valence-corrected chi connectivity index (χ0v) is 15.3. The second-order valence-corrected chi connectivity index (χ2v) is 6.05. The number of methoxy groups -OCH3 is 1. The van der Waals surface area contributed by atoms with Crippen molar-refractivity contribution < 1.29 is 28.6 Å². The van der Waals surface area contributed by atoms with Gasteiger partial charge in [-0.15, -0.1) is 0 Å². The molecule has 7 heteroatoms. The third kappa shape index (κ3) is 6.29. The fourth-order valence-electron chi connectivity index (χ4n) is 2.46. The van der Waals surface area contributed by atoms with Gasteiger partial charge < -0.3 is 19.5 Å². The molecule has 2 aromatic carbocycles. The molecule has 0 aromatic heterocycles. The van der Waals surface area contributed by atoms with E-state index in [1.807, 2.05) is 0 Å². The van der Waals surface area contributed by atoms with E-state index in [4.69, 9.17) is 9.47 Å². The van der Waals surface area contributed by atoms with Gasteiger partial charge in [-0.3, -0.25) is 9.59 Å². The highest BCUT2D eigenvalue weighted by molar-refractivity contribution is 5.80. The molecular weight excluding hydrogens is 353 g/mol. The van der Waals surface area contributed by atoms with Gasteiger partial charge in [0.1, 0.15) is 5.82 Å². The number of nitrogens with zero attached hydrogens (tertiary/aromatic N) is 1. The van der Waals surface area contributed by atoms with E-state index in [-0.39, 0.29) is 37.0 Å². The lowest BCUT2D eigenvalue weighted by Gasteiger charge is -2.17. The SMILES string of the molecule is COc1ccc(CCC(=O)OCC(=O)N(C)Cc2cccc(F)c2)cc1O. The highest BCUT2D eigenvalue weighted by Crippen LogP contribution is 2.26. The molecule has 0 radical (unpaired) electrons. The molecule has 0 bridgehead atoms. The summed E-state index contributed by atoms with van der Waals surface area (Å²) in [5.74, 6) is -0.914. The number of esters is 1. The zero-order valence-electron chi connectivity index (χ0n) is 15.3. The van der Waals surface area contributed by atoms with Gasteiger partial charge in [0.05, 0.1) is 7.11 Å². The highest BCUT2D eigenvalue weighted by atomic mass is 19.1. The molecule has 0 aliphatic carbocycles. The lowest BCUT2D eigenvalue weighted by molar-refractivity contribution is -0.151. The minimum Gasteiger partial charge on any atom is -0.504 e. The summed E-state index contributed by atoms with van der Waals surface area (Å²) in [6.45, 7) is -0.155. The van der Waals surface area contributed by atoms with Crippen molar-refractivity contribution in [3.63, 3.8) is 0 Å². The van der Waals surface area contributed by atoms with Crippen molar-refractivity contribution >= 4 is 11.9 Å².